The van der Waals surface area contributed by atoms with Gasteiger partial charge in [0.2, 0.25) is 11.5 Å². The van der Waals surface area contributed by atoms with Gasteiger partial charge in [-0.1, -0.05) is 115 Å². The number of furan rings is 2. The molecule has 0 aliphatic rings. The Kier molecular flexibility index (Phi) is 6.47. The average Bonchev–Trinajstić information content (AvgIpc) is 4.01. The van der Waals surface area contributed by atoms with Crippen LogP contribution in [-0.4, -0.2) is 28.9 Å². The van der Waals surface area contributed by atoms with E-state index in [1.54, 1.807) is 0 Å². The van der Waals surface area contributed by atoms with Gasteiger partial charge in [0.1, 0.15) is 22.3 Å². The Labute approximate surface area is 318 Å². The van der Waals surface area contributed by atoms with Crippen molar-refractivity contribution in [3.8, 4) is 51.0 Å². The molecule has 0 radical (unpaired) electrons. The smallest absolute Gasteiger partial charge is 0.232 e. The molecule has 0 amide bonds. The zero-order valence-electron chi connectivity index (χ0n) is 29.7. The normalized spacial score (nSPS) is 11.9. The van der Waals surface area contributed by atoms with E-state index in [-0.39, 0.29) is 0 Å². The zero-order valence-corrected chi connectivity index (χ0v) is 29.7. The molecule has 8 heteroatoms. The van der Waals surface area contributed by atoms with E-state index >= 15 is 0 Å². The van der Waals surface area contributed by atoms with Crippen molar-refractivity contribution in [2.24, 2.45) is 0 Å². The molecule has 0 aliphatic heterocycles. The van der Waals surface area contributed by atoms with Crippen LogP contribution in [0.1, 0.15) is 0 Å². The molecule has 0 fully saturated rings. The second-order valence-corrected chi connectivity index (χ2v) is 13.9. The molecule has 56 heavy (non-hydrogen) atoms. The molecule has 0 N–H and O–H groups in total. The number of nitrogens with zero attached hydrogens (tertiary/aromatic N) is 6. The quantitative estimate of drug-likeness (QED) is 0.176. The molecule has 5 aromatic heterocycles. The number of imidazole rings is 2. The van der Waals surface area contributed by atoms with Gasteiger partial charge in [0.05, 0.1) is 16.7 Å². The molecule has 5 heterocycles. The molecule has 0 spiro atoms. The van der Waals surface area contributed by atoms with Crippen LogP contribution in [0.15, 0.2) is 179 Å². The third-order valence-electron chi connectivity index (χ3n) is 10.6. The second kappa shape index (κ2) is 11.8. The summed E-state index contributed by atoms with van der Waals surface area (Å²) in [5, 5.41) is 2.98. The topological polar surface area (TPSA) is 87.2 Å². The number of aromatic nitrogens is 6. The third kappa shape index (κ3) is 4.59. The van der Waals surface area contributed by atoms with E-state index in [0.717, 1.165) is 94.5 Å². The monoisotopic (exact) mass is 720 g/mol. The van der Waals surface area contributed by atoms with Crippen LogP contribution in [0.4, 0.5) is 0 Å². The lowest BCUT2D eigenvalue weighted by molar-refractivity contribution is 0.645. The maximum Gasteiger partial charge on any atom is 0.232 e. The summed E-state index contributed by atoms with van der Waals surface area (Å²) in [5.74, 6) is 2.61. The predicted molar refractivity (Wildman–Crippen MR) is 222 cm³/mol. The fraction of sp³-hybridized carbons (Fsp3) is 0. The molecule has 0 saturated carbocycles. The van der Waals surface area contributed by atoms with Gasteiger partial charge in [-0.25, -0.2) is 24.5 Å². The van der Waals surface area contributed by atoms with Crippen LogP contribution >= 0.6 is 0 Å². The number of hydrogen-bond donors (Lipinski definition) is 0. The van der Waals surface area contributed by atoms with Gasteiger partial charge in [-0.05, 0) is 65.7 Å². The highest BCUT2D eigenvalue weighted by molar-refractivity contribution is 6.13. The lowest BCUT2D eigenvalue weighted by Crippen LogP contribution is -2.00. The first-order chi connectivity index (χ1) is 27.7. The van der Waals surface area contributed by atoms with Gasteiger partial charge in [-0.3, -0.25) is 4.40 Å². The highest BCUT2D eigenvalue weighted by atomic mass is 16.3. The number of para-hydroxylation sites is 2. The number of hydrogen-bond acceptors (Lipinski definition) is 6. The first kappa shape index (κ1) is 30.6. The van der Waals surface area contributed by atoms with Crippen LogP contribution in [0, 0.1) is 0 Å². The van der Waals surface area contributed by atoms with Crippen LogP contribution in [-0.2, 0) is 0 Å². The van der Waals surface area contributed by atoms with E-state index in [0.29, 0.717) is 17.5 Å². The summed E-state index contributed by atoms with van der Waals surface area (Å²) < 4.78 is 17.3. The Morgan fingerprint density at radius 3 is 1.82 bits per heavy atom. The molecule has 0 atom stereocenters. The largest absolute Gasteiger partial charge is 0.456 e. The number of fused-ring (bicyclic) bond motifs is 10. The van der Waals surface area contributed by atoms with Gasteiger partial charge >= 0.3 is 0 Å². The fourth-order valence-electron chi connectivity index (χ4n) is 8.03. The standard InChI is InChI=1S/C48H28N6O2/c1-4-13-29(14-5-1)44-50-45(30-15-6-2-7-16-30)52-46(51-44)35-20-12-22-41-42(35)36-27-31(24-26-40(36)55-41)32-23-25-38-37(28-32)49-48-53(33-17-8-3-9-18-33)47-43(54(38)48)34-19-10-11-21-39(34)56-47/h1-28H. The lowest BCUT2D eigenvalue weighted by atomic mass is 10.00. The molecule has 7 aromatic carbocycles. The highest BCUT2D eigenvalue weighted by Gasteiger charge is 2.24. The van der Waals surface area contributed by atoms with Crippen molar-refractivity contribution in [3.63, 3.8) is 0 Å². The minimum atomic E-state index is 0.583. The fourth-order valence-corrected chi connectivity index (χ4v) is 8.03. The zero-order chi connectivity index (χ0) is 36.7. The van der Waals surface area contributed by atoms with Crippen molar-refractivity contribution in [2.45, 2.75) is 0 Å². The minimum Gasteiger partial charge on any atom is -0.456 e. The van der Waals surface area contributed by atoms with Crippen molar-refractivity contribution in [2.75, 3.05) is 0 Å². The summed E-state index contributed by atoms with van der Waals surface area (Å²) >= 11 is 0. The van der Waals surface area contributed by atoms with Gasteiger partial charge in [0.15, 0.2) is 17.5 Å². The molecule has 0 bridgehead atoms. The molecular weight excluding hydrogens is 693 g/mol. The second-order valence-electron chi connectivity index (χ2n) is 13.9. The van der Waals surface area contributed by atoms with Crippen LogP contribution in [0.5, 0.6) is 0 Å². The first-order valence-corrected chi connectivity index (χ1v) is 18.5. The Hall–Kier alpha value is -7.84. The predicted octanol–water partition coefficient (Wildman–Crippen LogP) is 11.9. The number of benzene rings is 7. The van der Waals surface area contributed by atoms with Crippen molar-refractivity contribution < 1.29 is 8.83 Å². The van der Waals surface area contributed by atoms with Gasteiger partial charge in [-0.2, -0.15) is 0 Å². The summed E-state index contributed by atoms with van der Waals surface area (Å²) in [6.45, 7) is 0. The van der Waals surface area contributed by atoms with Crippen LogP contribution < -0.4 is 0 Å². The van der Waals surface area contributed by atoms with Gasteiger partial charge in [-0.15, -0.1) is 0 Å². The molecule has 12 aromatic rings. The van der Waals surface area contributed by atoms with Gasteiger partial charge in [0.25, 0.3) is 0 Å². The van der Waals surface area contributed by atoms with E-state index in [9.17, 15) is 0 Å². The minimum absolute atomic E-state index is 0.583. The summed E-state index contributed by atoms with van der Waals surface area (Å²) in [5.41, 5.74) is 11.8. The Morgan fingerprint density at radius 2 is 1.05 bits per heavy atom. The summed E-state index contributed by atoms with van der Waals surface area (Å²) in [7, 11) is 0. The highest BCUT2D eigenvalue weighted by Crippen LogP contribution is 2.40. The van der Waals surface area contributed by atoms with Crippen LogP contribution in [0.25, 0.3) is 112 Å². The summed E-state index contributed by atoms with van der Waals surface area (Å²) in [6.07, 6.45) is 0. The summed E-state index contributed by atoms with van der Waals surface area (Å²) in [4.78, 5) is 20.2. The van der Waals surface area contributed by atoms with Crippen molar-refractivity contribution in [1.82, 2.24) is 28.9 Å². The average molecular weight is 721 g/mol. The Balaban J connectivity index is 1.04. The van der Waals surface area contributed by atoms with Crippen molar-refractivity contribution in [1.29, 1.82) is 0 Å². The molecule has 12 rings (SSSR count). The van der Waals surface area contributed by atoms with E-state index in [4.69, 9.17) is 28.8 Å². The maximum absolute atomic E-state index is 6.47. The molecular formula is C48H28N6O2. The van der Waals surface area contributed by atoms with Crippen molar-refractivity contribution in [3.05, 3.63) is 170 Å². The molecule has 0 saturated heterocycles. The Morgan fingerprint density at radius 1 is 0.429 bits per heavy atom. The number of rotatable bonds is 5. The van der Waals surface area contributed by atoms with E-state index in [2.05, 4.69) is 63.6 Å². The molecule has 0 aliphatic carbocycles. The Bertz CT molecular complexity index is 3410. The van der Waals surface area contributed by atoms with Crippen molar-refractivity contribution >= 4 is 60.9 Å². The molecule has 0 unspecified atom stereocenters. The van der Waals surface area contributed by atoms with Gasteiger partial charge < -0.3 is 8.83 Å². The lowest BCUT2D eigenvalue weighted by Gasteiger charge is -2.09. The maximum atomic E-state index is 6.47. The first-order valence-electron chi connectivity index (χ1n) is 18.5. The van der Waals surface area contributed by atoms with Crippen LogP contribution in [0.3, 0.4) is 0 Å². The van der Waals surface area contributed by atoms with E-state index < -0.39 is 0 Å². The molecule has 262 valence electrons. The van der Waals surface area contributed by atoms with Gasteiger partial charge in [0, 0.05) is 32.8 Å². The molecule has 8 nitrogen and oxygen atoms in total. The van der Waals surface area contributed by atoms with E-state index in [1.807, 2.05) is 115 Å². The SMILES string of the molecule is c1ccc(-c2nc(-c3ccccc3)nc(-c3cccc4oc5ccc(-c6ccc7c(c6)nc6n(-c8ccccc8)c8oc9ccccc9c8n76)cc5c34)n2)cc1. The summed E-state index contributed by atoms with van der Waals surface area (Å²) in [6, 6.07) is 57.4. The van der Waals surface area contributed by atoms with E-state index in [1.165, 1.54) is 0 Å². The third-order valence-corrected chi connectivity index (χ3v) is 10.6. The van der Waals surface area contributed by atoms with Crippen LogP contribution in [0.2, 0.25) is 0 Å².